The van der Waals surface area contributed by atoms with Gasteiger partial charge in [-0.05, 0) is 6.08 Å². The van der Waals surface area contributed by atoms with Crippen molar-refractivity contribution in [2.45, 2.75) is 16.7 Å². The highest BCUT2D eigenvalue weighted by Crippen LogP contribution is 2.37. The number of alkyl halides is 3. The maximum Gasteiger partial charge on any atom is 0.416 e. The Labute approximate surface area is 109 Å². The molecular formula is C9H8F3NO4S2. The molecular weight excluding hydrogens is 307 g/mol. The standard InChI is InChI=1S/C9H8F3NO4S2/c1-13-6-19(16,17)8(18(14)15)4-2-7(3-5-8)9(10,11)12/h2-4H,5-6H2,(H,14,15). The fourth-order valence-corrected chi connectivity index (χ4v) is 3.92. The molecule has 0 heterocycles. The van der Waals surface area contributed by atoms with Crippen LogP contribution in [0.25, 0.3) is 4.85 Å². The summed E-state index contributed by atoms with van der Waals surface area (Å²) in [6.07, 6.45) is -3.95. The summed E-state index contributed by atoms with van der Waals surface area (Å²) in [5.74, 6) is -1.07. The Hall–Kier alpha value is -1.18. The van der Waals surface area contributed by atoms with Gasteiger partial charge in [-0.15, -0.1) is 0 Å². The van der Waals surface area contributed by atoms with Crippen LogP contribution in [0.3, 0.4) is 0 Å². The summed E-state index contributed by atoms with van der Waals surface area (Å²) in [4.78, 5) is 2.62. The summed E-state index contributed by atoms with van der Waals surface area (Å²) in [5.41, 5.74) is -1.09. The van der Waals surface area contributed by atoms with Gasteiger partial charge in [0.05, 0.1) is 5.57 Å². The molecule has 5 nitrogen and oxygen atoms in total. The van der Waals surface area contributed by atoms with Crippen molar-refractivity contribution in [3.63, 3.8) is 0 Å². The van der Waals surface area contributed by atoms with E-state index >= 15 is 0 Å². The van der Waals surface area contributed by atoms with E-state index in [4.69, 9.17) is 11.1 Å². The number of sulfone groups is 1. The molecule has 10 heteroatoms. The smallest absolute Gasteiger partial charge is 0.305 e. The zero-order valence-corrected chi connectivity index (χ0v) is 10.8. The molecule has 0 bridgehead atoms. The van der Waals surface area contributed by atoms with Gasteiger partial charge in [0.15, 0.2) is 11.1 Å². The topological polar surface area (TPSA) is 75.8 Å². The lowest BCUT2D eigenvalue weighted by atomic mass is 10.1. The summed E-state index contributed by atoms with van der Waals surface area (Å²) >= 11 is -2.95. The molecule has 0 aliphatic heterocycles. The van der Waals surface area contributed by atoms with E-state index in [9.17, 15) is 25.8 Å². The van der Waals surface area contributed by atoms with Crippen molar-refractivity contribution >= 4 is 20.9 Å². The van der Waals surface area contributed by atoms with Crippen molar-refractivity contribution in [3.05, 3.63) is 35.2 Å². The number of halogens is 3. The molecule has 2 unspecified atom stereocenters. The van der Waals surface area contributed by atoms with E-state index in [1.165, 1.54) is 0 Å². The van der Waals surface area contributed by atoms with Crippen LogP contribution in [0.4, 0.5) is 13.2 Å². The highest BCUT2D eigenvalue weighted by Gasteiger charge is 2.51. The Bertz CT molecular complexity index is 600. The van der Waals surface area contributed by atoms with Crippen molar-refractivity contribution in [3.8, 4) is 0 Å². The molecule has 1 aliphatic rings. The lowest BCUT2D eigenvalue weighted by molar-refractivity contribution is -0.0886. The van der Waals surface area contributed by atoms with Gasteiger partial charge < -0.3 is 4.55 Å². The van der Waals surface area contributed by atoms with Gasteiger partial charge in [0.1, 0.15) is 0 Å². The minimum absolute atomic E-state index is 0.444. The summed E-state index contributed by atoms with van der Waals surface area (Å²) in [5, 5.41) is 0. The summed E-state index contributed by atoms with van der Waals surface area (Å²) < 4.78 is 78.6. The van der Waals surface area contributed by atoms with Crippen molar-refractivity contribution in [2.24, 2.45) is 0 Å². The van der Waals surface area contributed by atoms with Gasteiger partial charge in [-0.1, -0.05) is 12.2 Å². The van der Waals surface area contributed by atoms with Crippen molar-refractivity contribution in [1.82, 2.24) is 0 Å². The number of allylic oxidation sites excluding steroid dienone is 3. The third kappa shape index (κ3) is 2.88. The van der Waals surface area contributed by atoms with E-state index in [1.54, 1.807) is 0 Å². The second-order valence-electron chi connectivity index (χ2n) is 3.66. The molecule has 0 saturated heterocycles. The number of hydrogen-bond donors (Lipinski definition) is 1. The second-order valence-corrected chi connectivity index (χ2v) is 7.36. The van der Waals surface area contributed by atoms with Crippen LogP contribution in [-0.2, 0) is 20.9 Å². The third-order valence-corrected chi connectivity index (χ3v) is 6.42. The van der Waals surface area contributed by atoms with Crippen LogP contribution in [0.5, 0.6) is 0 Å². The minimum Gasteiger partial charge on any atom is -0.305 e. The fraction of sp³-hybridized carbons (Fsp3) is 0.444. The molecule has 2 atom stereocenters. The lowest BCUT2D eigenvalue weighted by Gasteiger charge is -2.26. The van der Waals surface area contributed by atoms with E-state index in [0.717, 1.165) is 0 Å². The van der Waals surface area contributed by atoms with Crippen LogP contribution in [0.15, 0.2) is 23.8 Å². The zero-order valence-electron chi connectivity index (χ0n) is 9.22. The Morgan fingerprint density at radius 2 is 2.11 bits per heavy atom. The Morgan fingerprint density at radius 1 is 1.53 bits per heavy atom. The first-order valence-electron chi connectivity index (χ1n) is 4.70. The van der Waals surface area contributed by atoms with E-state index < -0.39 is 49.0 Å². The van der Waals surface area contributed by atoms with Crippen LogP contribution in [0, 0.1) is 6.57 Å². The third-order valence-electron chi connectivity index (χ3n) is 2.51. The Morgan fingerprint density at radius 3 is 2.42 bits per heavy atom. The van der Waals surface area contributed by atoms with Gasteiger partial charge in [-0.25, -0.2) is 19.2 Å². The first-order chi connectivity index (χ1) is 8.57. The highest BCUT2D eigenvalue weighted by atomic mass is 32.3. The quantitative estimate of drug-likeness (QED) is 0.634. The summed E-state index contributed by atoms with van der Waals surface area (Å²) in [6.45, 7) is 6.49. The molecule has 0 spiro atoms. The van der Waals surface area contributed by atoms with Crippen molar-refractivity contribution in [1.29, 1.82) is 0 Å². The fourth-order valence-electron chi connectivity index (χ4n) is 1.48. The van der Waals surface area contributed by atoms with E-state index in [-0.39, 0.29) is 0 Å². The van der Waals surface area contributed by atoms with E-state index in [2.05, 4.69) is 4.85 Å². The second kappa shape index (κ2) is 5.07. The predicted molar refractivity (Wildman–Crippen MR) is 61.8 cm³/mol. The Balaban J connectivity index is 3.26. The molecule has 106 valence electrons. The van der Waals surface area contributed by atoms with Gasteiger partial charge in [0, 0.05) is 6.42 Å². The van der Waals surface area contributed by atoms with Gasteiger partial charge in [0.25, 0.3) is 0 Å². The zero-order chi connectivity index (χ0) is 14.9. The van der Waals surface area contributed by atoms with Gasteiger partial charge in [-0.2, -0.15) is 13.2 Å². The average molecular weight is 315 g/mol. The first kappa shape index (κ1) is 15.9. The molecule has 1 N–H and O–H groups in total. The highest BCUT2D eigenvalue weighted by molar-refractivity contribution is 8.06. The molecule has 0 amide bonds. The monoisotopic (exact) mass is 315 g/mol. The maximum atomic E-state index is 12.4. The predicted octanol–water partition coefficient (Wildman–Crippen LogP) is 1.64. The van der Waals surface area contributed by atoms with E-state index in [1.807, 2.05) is 0 Å². The molecule has 0 saturated carbocycles. The molecule has 0 aromatic rings. The van der Waals surface area contributed by atoms with Crippen LogP contribution < -0.4 is 0 Å². The molecule has 0 fully saturated rings. The average Bonchev–Trinajstić information content (AvgIpc) is 2.27. The molecule has 19 heavy (non-hydrogen) atoms. The number of hydrogen-bond acceptors (Lipinski definition) is 3. The number of nitrogens with zero attached hydrogens (tertiary/aromatic N) is 1. The number of rotatable bonds is 3. The van der Waals surface area contributed by atoms with Crippen molar-refractivity contribution in [2.75, 3.05) is 5.88 Å². The molecule has 1 rings (SSSR count). The largest absolute Gasteiger partial charge is 0.416 e. The lowest BCUT2D eigenvalue weighted by Crippen LogP contribution is -2.43. The van der Waals surface area contributed by atoms with Crippen LogP contribution in [0.1, 0.15) is 6.42 Å². The SMILES string of the molecule is [C-]#[N+]CS(=O)(=O)C1(S(=O)O)C=CC(C(F)(F)F)=CC1. The van der Waals surface area contributed by atoms with Gasteiger partial charge in [-0.3, -0.25) is 4.85 Å². The molecule has 0 aromatic carbocycles. The minimum atomic E-state index is -4.66. The van der Waals surface area contributed by atoms with Gasteiger partial charge in [0.2, 0.25) is 13.9 Å². The summed E-state index contributed by atoms with van der Waals surface area (Å²) in [6, 6.07) is 0. The van der Waals surface area contributed by atoms with E-state index in [0.29, 0.717) is 18.2 Å². The molecule has 0 aromatic heterocycles. The Kier molecular flexibility index (Phi) is 4.23. The van der Waals surface area contributed by atoms with Crippen molar-refractivity contribution < 1.29 is 30.4 Å². The summed E-state index contributed by atoms with van der Waals surface area (Å²) in [7, 11) is -4.37. The van der Waals surface area contributed by atoms with Crippen LogP contribution in [0.2, 0.25) is 0 Å². The maximum absolute atomic E-state index is 12.4. The first-order valence-corrected chi connectivity index (χ1v) is 7.46. The molecule has 1 aliphatic carbocycles. The normalized spacial score (nSPS) is 25.5. The molecule has 0 radical (unpaired) electrons. The van der Waals surface area contributed by atoms with Crippen LogP contribution >= 0.6 is 0 Å². The van der Waals surface area contributed by atoms with Gasteiger partial charge >= 0.3 is 12.1 Å². The van der Waals surface area contributed by atoms with Crippen LogP contribution in [-0.4, -0.2) is 33.3 Å².